The zero-order valence-electron chi connectivity index (χ0n) is 16.4. The Bertz CT molecular complexity index is 792. The summed E-state index contributed by atoms with van der Waals surface area (Å²) in [6.07, 6.45) is 3.25. The molecule has 0 radical (unpaired) electrons. The van der Waals surface area contributed by atoms with Crippen LogP contribution in [0.4, 0.5) is 18.0 Å². The van der Waals surface area contributed by atoms with E-state index >= 15 is 0 Å². The number of hydrogen-bond acceptors (Lipinski definition) is 5. The highest BCUT2D eigenvalue weighted by atomic mass is 32.2. The number of halogens is 3. The summed E-state index contributed by atoms with van der Waals surface area (Å²) >= 11 is 1.15. The molecule has 0 spiro atoms. The monoisotopic (exact) mass is 443 g/mol. The largest absolute Gasteiger partial charge is 0.511 e. The van der Waals surface area contributed by atoms with Crippen molar-refractivity contribution in [1.82, 2.24) is 4.90 Å². The molecular formula is C21H24F3NO4S. The predicted molar refractivity (Wildman–Crippen MR) is 108 cm³/mol. The van der Waals surface area contributed by atoms with Gasteiger partial charge in [0.25, 0.3) is 5.92 Å². The van der Waals surface area contributed by atoms with Crippen molar-refractivity contribution in [1.29, 1.82) is 0 Å². The number of rotatable bonds is 8. The van der Waals surface area contributed by atoms with Crippen LogP contribution in [0.25, 0.3) is 0 Å². The maximum atomic E-state index is 14.5. The van der Waals surface area contributed by atoms with Crippen LogP contribution in [0.3, 0.4) is 0 Å². The standard InChI is InChI=1S/C21H24F3NO4S/c22-17-5-3-16(4-6-17)21(23,24)9-13-30-19-18(29-20(26)27)2-1-10-25(19)14-15-7-11-28-12-8-15/h1-6,15H,7-14H2,(H,26,27). The van der Waals surface area contributed by atoms with Crippen LogP contribution in [-0.2, 0) is 15.4 Å². The average molecular weight is 443 g/mol. The molecule has 164 valence electrons. The lowest BCUT2D eigenvalue weighted by Gasteiger charge is -2.34. The highest BCUT2D eigenvalue weighted by molar-refractivity contribution is 8.03. The summed E-state index contributed by atoms with van der Waals surface area (Å²) in [5.41, 5.74) is -0.247. The first-order valence-corrected chi connectivity index (χ1v) is 10.7. The van der Waals surface area contributed by atoms with Crippen LogP contribution in [-0.4, -0.2) is 48.2 Å². The number of alkyl halides is 2. The van der Waals surface area contributed by atoms with Gasteiger partial charge in [-0.2, -0.15) is 0 Å². The van der Waals surface area contributed by atoms with E-state index in [4.69, 9.17) is 14.6 Å². The molecule has 1 aromatic rings. The minimum absolute atomic E-state index is 0.0459. The number of ether oxygens (including phenoxy) is 2. The maximum absolute atomic E-state index is 14.5. The van der Waals surface area contributed by atoms with Crippen molar-refractivity contribution in [2.24, 2.45) is 5.92 Å². The molecule has 2 aliphatic rings. The summed E-state index contributed by atoms with van der Waals surface area (Å²) in [5, 5.41) is 9.57. The van der Waals surface area contributed by atoms with E-state index in [1.54, 1.807) is 12.2 Å². The highest BCUT2D eigenvalue weighted by Gasteiger charge is 2.32. The van der Waals surface area contributed by atoms with Gasteiger partial charge in [-0.3, -0.25) is 0 Å². The zero-order valence-corrected chi connectivity index (χ0v) is 17.2. The summed E-state index contributed by atoms with van der Waals surface area (Å²) in [5.74, 6) is -3.11. The van der Waals surface area contributed by atoms with Crippen LogP contribution in [0, 0.1) is 11.7 Å². The predicted octanol–water partition coefficient (Wildman–Crippen LogP) is 5.20. The Morgan fingerprint density at radius 1 is 1.27 bits per heavy atom. The minimum Gasteiger partial charge on any atom is -0.449 e. The van der Waals surface area contributed by atoms with Crippen molar-refractivity contribution in [2.45, 2.75) is 25.2 Å². The maximum Gasteiger partial charge on any atom is 0.511 e. The average Bonchev–Trinajstić information content (AvgIpc) is 2.70. The fraction of sp³-hybridized carbons (Fsp3) is 0.476. The van der Waals surface area contributed by atoms with Crippen molar-refractivity contribution in [3.63, 3.8) is 0 Å². The molecule has 1 fully saturated rings. The second-order valence-electron chi connectivity index (χ2n) is 7.21. The van der Waals surface area contributed by atoms with Crippen LogP contribution >= 0.6 is 11.8 Å². The van der Waals surface area contributed by atoms with E-state index in [0.29, 0.717) is 37.3 Å². The summed E-state index contributed by atoms with van der Waals surface area (Å²) in [6, 6.07) is 4.19. The fourth-order valence-electron chi connectivity index (χ4n) is 3.44. The molecule has 0 unspecified atom stereocenters. The normalized spacial score (nSPS) is 18.0. The van der Waals surface area contributed by atoms with Crippen molar-refractivity contribution in [2.75, 3.05) is 32.1 Å². The number of hydrogen-bond donors (Lipinski definition) is 1. The van der Waals surface area contributed by atoms with E-state index < -0.39 is 24.3 Å². The quantitative estimate of drug-likeness (QED) is 0.557. The van der Waals surface area contributed by atoms with Gasteiger partial charge in [0.15, 0.2) is 5.76 Å². The second kappa shape index (κ2) is 10.3. The first-order valence-electron chi connectivity index (χ1n) is 9.76. The topological polar surface area (TPSA) is 59.0 Å². The van der Waals surface area contributed by atoms with Gasteiger partial charge in [-0.05, 0) is 37.0 Å². The Morgan fingerprint density at radius 3 is 2.63 bits per heavy atom. The molecule has 0 atom stereocenters. The Kier molecular flexibility index (Phi) is 7.71. The molecule has 5 nitrogen and oxygen atoms in total. The molecule has 3 rings (SSSR count). The molecule has 0 aromatic heterocycles. The molecule has 9 heteroatoms. The van der Waals surface area contributed by atoms with Crippen molar-refractivity contribution < 1.29 is 32.5 Å². The first-order chi connectivity index (χ1) is 14.3. The smallest absolute Gasteiger partial charge is 0.449 e. The molecule has 0 aliphatic carbocycles. The lowest BCUT2D eigenvalue weighted by Crippen LogP contribution is -2.34. The van der Waals surface area contributed by atoms with Gasteiger partial charge in [0.05, 0.1) is 0 Å². The lowest BCUT2D eigenvalue weighted by molar-refractivity contribution is -0.00709. The van der Waals surface area contributed by atoms with Crippen LogP contribution < -0.4 is 0 Å². The first kappa shape index (κ1) is 22.6. The van der Waals surface area contributed by atoms with Crippen molar-refractivity contribution in [3.05, 3.63) is 58.6 Å². The third kappa shape index (κ3) is 6.18. The van der Waals surface area contributed by atoms with Gasteiger partial charge in [0.2, 0.25) is 0 Å². The molecule has 30 heavy (non-hydrogen) atoms. The molecule has 2 heterocycles. The molecule has 0 amide bonds. The van der Waals surface area contributed by atoms with Gasteiger partial charge in [-0.25, -0.2) is 18.0 Å². The Labute approximate surface area is 177 Å². The fourth-order valence-corrected chi connectivity index (χ4v) is 4.58. The third-order valence-electron chi connectivity index (χ3n) is 5.03. The van der Waals surface area contributed by atoms with Crippen molar-refractivity contribution in [3.8, 4) is 0 Å². The highest BCUT2D eigenvalue weighted by Crippen LogP contribution is 2.37. The van der Waals surface area contributed by atoms with Crippen molar-refractivity contribution >= 4 is 17.9 Å². The van der Waals surface area contributed by atoms with E-state index in [0.717, 1.165) is 48.9 Å². The molecule has 1 saturated heterocycles. The van der Waals surface area contributed by atoms with E-state index in [9.17, 15) is 18.0 Å². The summed E-state index contributed by atoms with van der Waals surface area (Å²) in [6.45, 7) is 2.60. The Morgan fingerprint density at radius 2 is 1.97 bits per heavy atom. The molecule has 1 aromatic carbocycles. The third-order valence-corrected chi connectivity index (χ3v) is 6.17. The van der Waals surface area contributed by atoms with Gasteiger partial charge in [0, 0.05) is 44.0 Å². The van der Waals surface area contributed by atoms with Gasteiger partial charge in [-0.1, -0.05) is 18.2 Å². The number of carbonyl (C=O) groups is 1. The zero-order chi connectivity index (χ0) is 21.6. The molecule has 2 aliphatic heterocycles. The van der Waals surface area contributed by atoms with Gasteiger partial charge in [0.1, 0.15) is 10.8 Å². The summed E-state index contributed by atoms with van der Waals surface area (Å²) in [4.78, 5) is 13.1. The van der Waals surface area contributed by atoms with Crippen LogP contribution in [0.2, 0.25) is 0 Å². The van der Waals surface area contributed by atoms with Crippen LogP contribution in [0.1, 0.15) is 24.8 Å². The Hall–Kier alpha value is -2.13. The number of thioether (sulfide) groups is 1. The van der Waals surface area contributed by atoms with Gasteiger partial charge in [-0.15, -0.1) is 11.8 Å². The number of benzene rings is 1. The molecular weight excluding hydrogens is 419 g/mol. The summed E-state index contributed by atoms with van der Waals surface area (Å²) < 4.78 is 52.3. The second-order valence-corrected chi connectivity index (χ2v) is 8.29. The van der Waals surface area contributed by atoms with E-state index in [2.05, 4.69) is 0 Å². The number of carboxylic acid groups (broad SMARTS) is 1. The Balaban J connectivity index is 1.68. The number of nitrogens with zero attached hydrogens (tertiary/aromatic N) is 1. The van der Waals surface area contributed by atoms with Crippen LogP contribution in [0.5, 0.6) is 0 Å². The molecule has 1 N–H and O–H groups in total. The van der Waals surface area contributed by atoms with Crippen LogP contribution in [0.15, 0.2) is 47.2 Å². The summed E-state index contributed by atoms with van der Waals surface area (Å²) in [7, 11) is 0. The van der Waals surface area contributed by atoms with E-state index in [1.165, 1.54) is 0 Å². The van der Waals surface area contributed by atoms with Gasteiger partial charge >= 0.3 is 6.16 Å². The number of allylic oxidation sites excluding steroid dienone is 1. The molecule has 0 saturated carbocycles. The minimum atomic E-state index is -3.12. The van der Waals surface area contributed by atoms with E-state index in [-0.39, 0.29) is 17.1 Å². The van der Waals surface area contributed by atoms with E-state index in [1.807, 2.05) is 4.90 Å². The molecule has 0 bridgehead atoms. The lowest BCUT2D eigenvalue weighted by atomic mass is 9.99. The SMILES string of the molecule is O=C(O)OC1=C(SCCC(F)(F)c2ccc(F)cc2)N(CC2CCOCC2)CC=C1. The van der Waals surface area contributed by atoms with Gasteiger partial charge < -0.3 is 19.5 Å².